The molecule has 0 aromatic heterocycles. The van der Waals surface area contributed by atoms with Crippen LogP contribution >= 0.6 is 0 Å². The van der Waals surface area contributed by atoms with Crippen LogP contribution < -0.4 is 11.1 Å². The molecule has 0 spiro atoms. The highest BCUT2D eigenvalue weighted by Crippen LogP contribution is 2.40. The van der Waals surface area contributed by atoms with E-state index in [2.05, 4.69) is 10.2 Å². The minimum Gasteiger partial charge on any atom is -0.368 e. The highest BCUT2D eigenvalue weighted by atomic mass is 32.2. The molecule has 2 unspecified atom stereocenters. The van der Waals surface area contributed by atoms with Crippen LogP contribution in [0.4, 0.5) is 0 Å². The van der Waals surface area contributed by atoms with Gasteiger partial charge in [0.15, 0.2) is 9.84 Å². The number of likely N-dealkylation sites (N-methyl/N-ethyl adjacent to an activating group) is 1. The smallest absolute Gasteiger partial charge is 0.239 e. The zero-order valence-corrected chi connectivity index (χ0v) is 13.1. The lowest BCUT2D eigenvalue weighted by Gasteiger charge is -2.41. The molecule has 1 amide bonds. The zero-order valence-electron chi connectivity index (χ0n) is 12.3. The monoisotopic (exact) mass is 303 g/mol. The van der Waals surface area contributed by atoms with Crippen LogP contribution in [0, 0.1) is 5.92 Å². The van der Waals surface area contributed by atoms with Gasteiger partial charge in [0.05, 0.1) is 11.5 Å². The summed E-state index contributed by atoms with van der Waals surface area (Å²) in [5.41, 5.74) is 4.96. The molecule has 1 aliphatic heterocycles. The van der Waals surface area contributed by atoms with Crippen LogP contribution in [-0.4, -0.2) is 61.9 Å². The van der Waals surface area contributed by atoms with E-state index in [1.165, 1.54) is 0 Å². The third-order valence-electron chi connectivity index (χ3n) is 4.47. The summed E-state index contributed by atoms with van der Waals surface area (Å²) >= 11 is 0. The molecule has 116 valence electrons. The summed E-state index contributed by atoms with van der Waals surface area (Å²) in [5, 5.41) is 3.28. The van der Waals surface area contributed by atoms with Gasteiger partial charge in [-0.2, -0.15) is 0 Å². The molecule has 3 N–H and O–H groups in total. The van der Waals surface area contributed by atoms with Crippen LogP contribution in [0.5, 0.6) is 0 Å². The predicted molar refractivity (Wildman–Crippen MR) is 78.0 cm³/mol. The SMILES string of the molecule is CCNC(CN1CCS(=O)(=O)CC1C)(C(N)=O)C1CC1. The summed E-state index contributed by atoms with van der Waals surface area (Å²) in [6.45, 7) is 5.54. The summed E-state index contributed by atoms with van der Waals surface area (Å²) in [4.78, 5) is 14.1. The molecule has 0 aromatic carbocycles. The number of amides is 1. The van der Waals surface area contributed by atoms with Gasteiger partial charge >= 0.3 is 0 Å². The number of rotatable bonds is 6. The molecular formula is C13H25N3O3S. The molecule has 2 aliphatic rings. The Hall–Kier alpha value is -0.660. The first-order chi connectivity index (χ1) is 9.31. The van der Waals surface area contributed by atoms with Crippen molar-refractivity contribution in [1.82, 2.24) is 10.2 Å². The number of hydrogen-bond acceptors (Lipinski definition) is 5. The van der Waals surface area contributed by atoms with Gasteiger partial charge in [0.2, 0.25) is 5.91 Å². The number of hydrogen-bond donors (Lipinski definition) is 2. The van der Waals surface area contributed by atoms with Crippen molar-refractivity contribution in [3.8, 4) is 0 Å². The highest BCUT2D eigenvalue weighted by molar-refractivity contribution is 7.91. The van der Waals surface area contributed by atoms with E-state index < -0.39 is 15.4 Å². The van der Waals surface area contributed by atoms with E-state index in [4.69, 9.17) is 5.73 Å². The molecule has 1 saturated carbocycles. The topological polar surface area (TPSA) is 92.5 Å². The van der Waals surface area contributed by atoms with Gasteiger partial charge in [0.25, 0.3) is 0 Å². The van der Waals surface area contributed by atoms with Gasteiger partial charge in [-0.15, -0.1) is 0 Å². The lowest BCUT2D eigenvalue weighted by molar-refractivity contribution is -0.126. The van der Waals surface area contributed by atoms with Crippen LogP contribution in [-0.2, 0) is 14.6 Å². The molecule has 0 aromatic rings. The summed E-state index contributed by atoms with van der Waals surface area (Å²) in [6, 6.07) is -0.0649. The zero-order chi connectivity index (χ0) is 15.0. The fourth-order valence-electron chi connectivity index (χ4n) is 3.18. The highest BCUT2D eigenvalue weighted by Gasteiger charge is 2.51. The number of primary amides is 1. The van der Waals surface area contributed by atoms with Gasteiger partial charge in [-0.05, 0) is 32.2 Å². The molecule has 6 nitrogen and oxygen atoms in total. The van der Waals surface area contributed by atoms with Gasteiger partial charge in [0, 0.05) is 19.1 Å². The normalized spacial score (nSPS) is 29.8. The molecule has 0 radical (unpaired) electrons. The molecule has 1 heterocycles. The van der Waals surface area contributed by atoms with Crippen LogP contribution in [0.25, 0.3) is 0 Å². The molecule has 2 rings (SSSR count). The molecular weight excluding hydrogens is 278 g/mol. The summed E-state index contributed by atoms with van der Waals surface area (Å²) in [5.74, 6) is 0.301. The summed E-state index contributed by atoms with van der Waals surface area (Å²) < 4.78 is 23.3. The largest absolute Gasteiger partial charge is 0.368 e. The second-order valence-corrected chi connectivity index (χ2v) is 8.30. The molecule has 1 saturated heterocycles. The minimum atomic E-state index is -2.94. The molecule has 7 heteroatoms. The Balaban J connectivity index is 2.14. The Labute approximate surface area is 121 Å². The first-order valence-electron chi connectivity index (χ1n) is 7.30. The summed E-state index contributed by atoms with van der Waals surface area (Å²) in [6.07, 6.45) is 2.02. The number of nitrogens with one attached hydrogen (secondary N) is 1. The van der Waals surface area contributed by atoms with Gasteiger partial charge in [-0.3, -0.25) is 9.69 Å². The molecule has 20 heavy (non-hydrogen) atoms. The summed E-state index contributed by atoms with van der Waals surface area (Å²) in [7, 11) is -2.94. The maximum absolute atomic E-state index is 12.0. The Kier molecular flexibility index (Phi) is 4.41. The third kappa shape index (κ3) is 3.15. The fourth-order valence-corrected chi connectivity index (χ4v) is 4.80. The fraction of sp³-hybridized carbons (Fsp3) is 0.923. The average Bonchev–Trinajstić information content (AvgIpc) is 3.15. The Morgan fingerprint density at radius 1 is 1.45 bits per heavy atom. The predicted octanol–water partition coefficient (Wildman–Crippen LogP) is -0.651. The minimum absolute atomic E-state index is 0.0649. The molecule has 2 fully saturated rings. The number of nitrogens with zero attached hydrogens (tertiary/aromatic N) is 1. The van der Waals surface area contributed by atoms with Crippen molar-refractivity contribution in [2.24, 2.45) is 11.7 Å². The maximum Gasteiger partial charge on any atom is 0.239 e. The van der Waals surface area contributed by atoms with E-state index in [9.17, 15) is 13.2 Å². The van der Waals surface area contributed by atoms with Gasteiger partial charge < -0.3 is 11.1 Å². The van der Waals surface area contributed by atoms with Gasteiger partial charge in [-0.25, -0.2) is 8.42 Å². The van der Waals surface area contributed by atoms with E-state index in [1.54, 1.807) is 0 Å². The first-order valence-corrected chi connectivity index (χ1v) is 9.12. The standard InChI is InChI=1S/C13H25N3O3S/c1-3-15-13(12(14)17,11-4-5-11)9-16-6-7-20(18,19)8-10(16)2/h10-11,15H,3-9H2,1-2H3,(H2,14,17). The Bertz CT molecular complexity index is 475. The van der Waals surface area contributed by atoms with Crippen molar-refractivity contribution >= 4 is 15.7 Å². The van der Waals surface area contributed by atoms with Crippen molar-refractivity contribution in [2.45, 2.75) is 38.3 Å². The van der Waals surface area contributed by atoms with Crippen LogP contribution in [0.3, 0.4) is 0 Å². The lowest BCUT2D eigenvalue weighted by atomic mass is 9.90. The van der Waals surface area contributed by atoms with Crippen molar-refractivity contribution in [1.29, 1.82) is 0 Å². The third-order valence-corrected chi connectivity index (χ3v) is 6.26. The van der Waals surface area contributed by atoms with E-state index in [0.717, 1.165) is 12.8 Å². The van der Waals surface area contributed by atoms with E-state index in [0.29, 0.717) is 19.6 Å². The molecule has 0 bridgehead atoms. The number of nitrogens with two attached hydrogens (primary N) is 1. The number of sulfone groups is 1. The van der Waals surface area contributed by atoms with Crippen molar-refractivity contribution in [2.75, 3.05) is 31.1 Å². The van der Waals surface area contributed by atoms with Gasteiger partial charge in [-0.1, -0.05) is 6.92 Å². The van der Waals surface area contributed by atoms with Crippen LogP contribution in [0.1, 0.15) is 26.7 Å². The first kappa shape index (κ1) is 15.7. The maximum atomic E-state index is 12.0. The second kappa shape index (κ2) is 5.61. The average molecular weight is 303 g/mol. The van der Waals surface area contributed by atoms with E-state index in [1.807, 2.05) is 13.8 Å². The number of carbonyl (C=O) groups is 1. The van der Waals surface area contributed by atoms with Gasteiger partial charge in [0.1, 0.15) is 5.54 Å². The Morgan fingerprint density at radius 3 is 2.55 bits per heavy atom. The van der Waals surface area contributed by atoms with Crippen LogP contribution in [0.2, 0.25) is 0 Å². The molecule has 2 atom stereocenters. The Morgan fingerprint density at radius 2 is 2.10 bits per heavy atom. The van der Waals surface area contributed by atoms with E-state index in [-0.39, 0.29) is 29.4 Å². The van der Waals surface area contributed by atoms with Crippen molar-refractivity contribution < 1.29 is 13.2 Å². The van der Waals surface area contributed by atoms with Crippen molar-refractivity contribution in [3.05, 3.63) is 0 Å². The molecule has 1 aliphatic carbocycles. The van der Waals surface area contributed by atoms with Crippen LogP contribution in [0.15, 0.2) is 0 Å². The van der Waals surface area contributed by atoms with E-state index >= 15 is 0 Å². The quantitative estimate of drug-likeness (QED) is 0.680. The lowest BCUT2D eigenvalue weighted by Crippen LogP contribution is -2.65. The second-order valence-electron chi connectivity index (χ2n) is 6.07. The number of carbonyl (C=O) groups excluding carboxylic acids is 1. The van der Waals surface area contributed by atoms with Crippen molar-refractivity contribution in [3.63, 3.8) is 0 Å².